The number of H-pyrrole nitrogens is 1. The molecule has 1 fully saturated rings. The summed E-state index contributed by atoms with van der Waals surface area (Å²) in [7, 11) is 0. The van der Waals surface area contributed by atoms with E-state index in [0.29, 0.717) is 37.3 Å². The SMILES string of the molecule is CCCc1c(Cc2ccc(-c3ccccc3-c3noc(=O)[nH]3)cc2)c(=O)n(C2CCC(=NOCC(C)(C)O)CC2)c2ncnn12. The highest BCUT2D eigenvalue weighted by Crippen LogP contribution is 2.31. The zero-order valence-electron chi connectivity index (χ0n) is 25.7. The third-order valence-electron chi connectivity index (χ3n) is 8.09. The van der Waals surface area contributed by atoms with Crippen LogP contribution in [0.5, 0.6) is 0 Å². The predicted octanol–water partition coefficient (Wildman–Crippen LogP) is 4.70. The average molecular weight is 612 g/mol. The Bertz CT molecular complexity index is 1930. The molecule has 234 valence electrons. The molecule has 2 N–H and O–H groups in total. The molecule has 5 aromatic rings. The summed E-state index contributed by atoms with van der Waals surface area (Å²) >= 11 is 0. The normalized spacial score (nSPS) is 15.5. The molecule has 0 atom stereocenters. The average Bonchev–Trinajstić information content (AvgIpc) is 3.69. The van der Waals surface area contributed by atoms with Gasteiger partial charge >= 0.3 is 5.76 Å². The molecule has 0 spiro atoms. The van der Waals surface area contributed by atoms with Crippen LogP contribution in [0.4, 0.5) is 0 Å². The fraction of sp³-hybridized carbons (Fsp3) is 0.394. The van der Waals surface area contributed by atoms with Gasteiger partial charge in [0.05, 0.1) is 17.0 Å². The first-order valence-corrected chi connectivity index (χ1v) is 15.3. The number of aryl methyl sites for hydroxylation is 1. The van der Waals surface area contributed by atoms with Gasteiger partial charge in [-0.15, -0.1) is 0 Å². The maximum Gasteiger partial charge on any atom is 0.439 e. The first-order valence-electron chi connectivity index (χ1n) is 15.3. The lowest BCUT2D eigenvalue weighted by molar-refractivity contribution is -0.0194. The summed E-state index contributed by atoms with van der Waals surface area (Å²) in [6, 6.07) is 15.7. The van der Waals surface area contributed by atoms with Gasteiger partial charge in [0.25, 0.3) is 5.56 Å². The van der Waals surface area contributed by atoms with Gasteiger partial charge in [-0.2, -0.15) is 10.1 Å². The van der Waals surface area contributed by atoms with Gasteiger partial charge in [-0.3, -0.25) is 18.9 Å². The van der Waals surface area contributed by atoms with Crippen molar-refractivity contribution < 1.29 is 14.5 Å². The molecule has 3 heterocycles. The summed E-state index contributed by atoms with van der Waals surface area (Å²) in [6.45, 7) is 5.57. The minimum atomic E-state index is -0.950. The lowest BCUT2D eigenvalue weighted by Crippen LogP contribution is -2.34. The van der Waals surface area contributed by atoms with Crippen molar-refractivity contribution in [2.24, 2.45) is 5.16 Å². The topological polar surface area (TPSA) is 153 Å². The summed E-state index contributed by atoms with van der Waals surface area (Å²) in [6.07, 6.45) is 6.37. The Morgan fingerprint density at radius 2 is 1.82 bits per heavy atom. The maximum absolute atomic E-state index is 14.3. The fourth-order valence-corrected chi connectivity index (χ4v) is 5.94. The Labute approximate surface area is 259 Å². The molecule has 3 aromatic heterocycles. The molecular weight excluding hydrogens is 574 g/mol. The minimum Gasteiger partial charge on any atom is -0.393 e. The number of nitrogens with one attached hydrogen (secondary N) is 1. The molecule has 0 aliphatic heterocycles. The van der Waals surface area contributed by atoms with Crippen LogP contribution in [0.2, 0.25) is 0 Å². The van der Waals surface area contributed by atoms with Crippen molar-refractivity contribution >= 4 is 11.5 Å². The van der Waals surface area contributed by atoms with Gasteiger partial charge in [-0.05, 0) is 62.6 Å². The van der Waals surface area contributed by atoms with Crippen LogP contribution in [-0.2, 0) is 17.7 Å². The van der Waals surface area contributed by atoms with Crippen LogP contribution < -0.4 is 11.3 Å². The summed E-state index contributed by atoms with van der Waals surface area (Å²) in [5.41, 5.74) is 5.14. The highest BCUT2D eigenvalue weighted by Gasteiger charge is 2.27. The number of hydrogen-bond acceptors (Lipinski definition) is 9. The van der Waals surface area contributed by atoms with E-state index in [0.717, 1.165) is 58.5 Å². The van der Waals surface area contributed by atoms with E-state index < -0.39 is 11.4 Å². The molecule has 1 aliphatic carbocycles. The fourth-order valence-electron chi connectivity index (χ4n) is 5.94. The molecule has 2 aromatic carbocycles. The molecule has 1 aliphatic rings. The minimum absolute atomic E-state index is 0.0352. The van der Waals surface area contributed by atoms with Crippen LogP contribution >= 0.6 is 0 Å². The second-order valence-electron chi connectivity index (χ2n) is 12.2. The number of rotatable bonds is 10. The zero-order chi connectivity index (χ0) is 31.6. The van der Waals surface area contributed by atoms with E-state index in [1.165, 1.54) is 6.33 Å². The molecule has 12 nitrogen and oxygen atoms in total. The predicted molar refractivity (Wildman–Crippen MR) is 169 cm³/mol. The molecule has 0 amide bonds. The summed E-state index contributed by atoms with van der Waals surface area (Å²) < 4.78 is 8.38. The Hall–Kier alpha value is -4.84. The second-order valence-corrected chi connectivity index (χ2v) is 12.2. The molecule has 6 rings (SSSR count). The number of fused-ring (bicyclic) bond motifs is 1. The van der Waals surface area contributed by atoms with E-state index in [-0.39, 0.29) is 18.2 Å². The number of nitrogens with zero attached hydrogens (tertiary/aromatic N) is 6. The highest BCUT2D eigenvalue weighted by atomic mass is 16.6. The van der Waals surface area contributed by atoms with Crippen LogP contribution in [0, 0.1) is 0 Å². The van der Waals surface area contributed by atoms with Gasteiger partial charge in [0.2, 0.25) is 5.78 Å². The standard InChI is InChI=1S/C33H37N7O5/c1-4-7-28-27(18-21-10-12-22(13-11-21)25-8-5-6-9-26(25)29-36-32(42)45-38-29)30(41)39(31-34-20-35-40(28)31)24-16-14-23(15-17-24)37-44-19-33(2,3)43/h5-6,8-13,20,24,43H,4,7,14-19H2,1-3H3,(H,36,38,42). The Morgan fingerprint density at radius 3 is 2.49 bits per heavy atom. The number of aromatic amines is 1. The van der Waals surface area contributed by atoms with Crippen molar-refractivity contribution in [3.05, 3.63) is 92.6 Å². The lowest BCUT2D eigenvalue weighted by atomic mass is 9.93. The molecule has 1 saturated carbocycles. The van der Waals surface area contributed by atoms with Gasteiger partial charge in [-0.1, -0.05) is 72.2 Å². The van der Waals surface area contributed by atoms with Crippen molar-refractivity contribution in [1.29, 1.82) is 0 Å². The van der Waals surface area contributed by atoms with E-state index in [4.69, 9.17) is 9.36 Å². The van der Waals surface area contributed by atoms with Gasteiger partial charge in [0, 0.05) is 23.6 Å². The van der Waals surface area contributed by atoms with Crippen LogP contribution in [0.15, 0.2) is 74.1 Å². The summed E-state index contributed by atoms with van der Waals surface area (Å²) in [5, 5.41) is 22.6. The quantitative estimate of drug-likeness (QED) is 0.216. The van der Waals surface area contributed by atoms with Gasteiger partial charge < -0.3 is 9.94 Å². The van der Waals surface area contributed by atoms with Crippen LogP contribution in [0.3, 0.4) is 0 Å². The summed E-state index contributed by atoms with van der Waals surface area (Å²) in [4.78, 5) is 38.4. The molecule has 0 bridgehead atoms. The van der Waals surface area contributed by atoms with E-state index in [1.807, 2.05) is 57.6 Å². The van der Waals surface area contributed by atoms with Crippen LogP contribution in [0.1, 0.15) is 75.7 Å². The number of hydrogen-bond donors (Lipinski definition) is 2. The lowest BCUT2D eigenvalue weighted by Gasteiger charge is -2.26. The van der Waals surface area contributed by atoms with E-state index >= 15 is 0 Å². The first kappa shape index (κ1) is 30.2. The Morgan fingerprint density at radius 1 is 1.09 bits per heavy atom. The second kappa shape index (κ2) is 12.6. The molecular formula is C33H37N7O5. The number of oxime groups is 1. The van der Waals surface area contributed by atoms with Crippen LogP contribution in [0.25, 0.3) is 28.3 Å². The number of benzene rings is 2. The maximum atomic E-state index is 14.3. The van der Waals surface area contributed by atoms with Crippen molar-refractivity contribution in [3.63, 3.8) is 0 Å². The van der Waals surface area contributed by atoms with Crippen LogP contribution in [-0.4, -0.2) is 52.3 Å². The van der Waals surface area contributed by atoms with Crippen molar-refractivity contribution in [2.75, 3.05) is 6.61 Å². The molecule has 0 radical (unpaired) electrons. The number of aliphatic hydroxyl groups is 1. The van der Waals surface area contributed by atoms with E-state index in [1.54, 1.807) is 13.8 Å². The molecule has 0 saturated heterocycles. The van der Waals surface area contributed by atoms with E-state index in [9.17, 15) is 14.7 Å². The van der Waals surface area contributed by atoms with Crippen molar-refractivity contribution in [3.8, 4) is 22.5 Å². The Kier molecular flexibility index (Phi) is 8.48. The zero-order valence-corrected chi connectivity index (χ0v) is 25.7. The monoisotopic (exact) mass is 611 g/mol. The third kappa shape index (κ3) is 6.51. The van der Waals surface area contributed by atoms with Crippen molar-refractivity contribution in [2.45, 2.75) is 77.4 Å². The smallest absolute Gasteiger partial charge is 0.393 e. The molecule has 0 unspecified atom stereocenters. The molecule has 45 heavy (non-hydrogen) atoms. The Balaban J connectivity index is 1.30. The van der Waals surface area contributed by atoms with Gasteiger partial charge in [0.1, 0.15) is 12.9 Å². The summed E-state index contributed by atoms with van der Waals surface area (Å²) in [5.74, 6) is 0.327. The number of aromatic nitrogens is 6. The van der Waals surface area contributed by atoms with Gasteiger partial charge in [0.15, 0.2) is 5.82 Å². The first-order chi connectivity index (χ1) is 21.7. The highest BCUT2D eigenvalue weighted by molar-refractivity contribution is 5.84. The van der Waals surface area contributed by atoms with E-state index in [2.05, 4.69) is 32.3 Å². The van der Waals surface area contributed by atoms with Gasteiger partial charge in [-0.25, -0.2) is 9.31 Å². The third-order valence-corrected chi connectivity index (χ3v) is 8.09. The van der Waals surface area contributed by atoms with Crippen molar-refractivity contribution in [1.82, 2.24) is 29.3 Å². The molecule has 12 heteroatoms. The largest absolute Gasteiger partial charge is 0.439 e.